The molecule has 0 aliphatic carbocycles. The molecule has 2 aromatic carbocycles. The summed E-state index contributed by atoms with van der Waals surface area (Å²) in [6, 6.07) is 7.27. The van der Waals surface area contributed by atoms with Gasteiger partial charge in [-0.25, -0.2) is 8.78 Å². The average Bonchev–Trinajstić information content (AvgIpc) is 2.43. The number of carbonyl (C=O) groups is 1. The Kier molecular flexibility index (Phi) is 4.16. The van der Waals surface area contributed by atoms with Crippen LogP contribution in [0.1, 0.15) is 15.9 Å². The SMILES string of the molecule is COc1c(F)c(F)cc(C(=O)Nc2cccc(C)c2)c1F. The molecule has 0 bridgehead atoms. The van der Waals surface area contributed by atoms with E-state index in [2.05, 4.69) is 10.1 Å². The summed E-state index contributed by atoms with van der Waals surface area (Å²) in [4.78, 5) is 12.0. The van der Waals surface area contributed by atoms with Gasteiger partial charge in [0, 0.05) is 5.69 Å². The zero-order chi connectivity index (χ0) is 15.6. The van der Waals surface area contributed by atoms with Crippen molar-refractivity contribution in [3.8, 4) is 5.75 Å². The van der Waals surface area contributed by atoms with Crippen molar-refractivity contribution >= 4 is 11.6 Å². The molecule has 6 heteroatoms. The molecule has 0 radical (unpaired) electrons. The van der Waals surface area contributed by atoms with Gasteiger partial charge in [0.2, 0.25) is 5.82 Å². The summed E-state index contributed by atoms with van der Waals surface area (Å²) in [6.07, 6.45) is 0. The van der Waals surface area contributed by atoms with E-state index in [0.29, 0.717) is 11.8 Å². The number of hydrogen-bond acceptors (Lipinski definition) is 2. The molecule has 3 nitrogen and oxygen atoms in total. The number of nitrogens with one attached hydrogen (secondary N) is 1. The highest BCUT2D eigenvalue weighted by Crippen LogP contribution is 2.27. The molecule has 0 aliphatic rings. The van der Waals surface area contributed by atoms with Crippen LogP contribution in [0, 0.1) is 24.4 Å². The number of benzene rings is 2. The summed E-state index contributed by atoms with van der Waals surface area (Å²) >= 11 is 0. The van der Waals surface area contributed by atoms with Crippen molar-refractivity contribution in [2.75, 3.05) is 12.4 Å². The van der Waals surface area contributed by atoms with Gasteiger partial charge >= 0.3 is 0 Å². The van der Waals surface area contributed by atoms with E-state index in [-0.39, 0.29) is 0 Å². The van der Waals surface area contributed by atoms with Gasteiger partial charge in [-0.05, 0) is 30.7 Å². The van der Waals surface area contributed by atoms with Crippen molar-refractivity contribution in [1.29, 1.82) is 0 Å². The molecule has 1 amide bonds. The van der Waals surface area contributed by atoms with Crippen LogP contribution in [-0.2, 0) is 0 Å². The largest absolute Gasteiger partial charge is 0.491 e. The molecular weight excluding hydrogens is 283 g/mol. The van der Waals surface area contributed by atoms with Crippen LogP contribution >= 0.6 is 0 Å². The smallest absolute Gasteiger partial charge is 0.258 e. The van der Waals surface area contributed by atoms with Gasteiger partial charge in [0.25, 0.3) is 5.91 Å². The van der Waals surface area contributed by atoms with Gasteiger partial charge < -0.3 is 10.1 Å². The molecule has 0 aliphatic heterocycles. The highest BCUT2D eigenvalue weighted by Gasteiger charge is 2.23. The summed E-state index contributed by atoms with van der Waals surface area (Å²) in [5.74, 6) is -5.90. The second-order valence-corrected chi connectivity index (χ2v) is 4.39. The van der Waals surface area contributed by atoms with Crippen molar-refractivity contribution < 1.29 is 22.7 Å². The molecule has 0 unspecified atom stereocenters. The van der Waals surface area contributed by atoms with Gasteiger partial charge in [-0.15, -0.1) is 0 Å². The monoisotopic (exact) mass is 295 g/mol. The third kappa shape index (κ3) is 2.99. The van der Waals surface area contributed by atoms with Crippen molar-refractivity contribution in [2.24, 2.45) is 0 Å². The van der Waals surface area contributed by atoms with E-state index < -0.39 is 34.7 Å². The van der Waals surface area contributed by atoms with Crippen molar-refractivity contribution in [1.82, 2.24) is 0 Å². The Bertz CT molecular complexity index is 702. The number of amides is 1. The summed E-state index contributed by atoms with van der Waals surface area (Å²) in [6.45, 7) is 1.82. The quantitative estimate of drug-likeness (QED) is 0.877. The van der Waals surface area contributed by atoms with Crippen molar-refractivity contribution in [2.45, 2.75) is 6.92 Å². The van der Waals surface area contributed by atoms with Gasteiger partial charge in [0.05, 0.1) is 12.7 Å². The summed E-state index contributed by atoms with van der Waals surface area (Å²) in [7, 11) is 0.989. The van der Waals surface area contributed by atoms with Gasteiger partial charge in [-0.2, -0.15) is 4.39 Å². The molecule has 0 fully saturated rings. The topological polar surface area (TPSA) is 38.3 Å². The number of carbonyl (C=O) groups excluding carboxylic acids is 1. The third-order valence-electron chi connectivity index (χ3n) is 2.84. The van der Waals surface area contributed by atoms with E-state index in [9.17, 15) is 18.0 Å². The first-order chi connectivity index (χ1) is 9.93. The van der Waals surface area contributed by atoms with Gasteiger partial charge in [-0.1, -0.05) is 12.1 Å². The lowest BCUT2D eigenvalue weighted by molar-refractivity contribution is 0.102. The third-order valence-corrected chi connectivity index (χ3v) is 2.84. The molecule has 0 spiro atoms. The lowest BCUT2D eigenvalue weighted by atomic mass is 10.1. The minimum Gasteiger partial charge on any atom is -0.491 e. The maximum Gasteiger partial charge on any atom is 0.258 e. The molecule has 0 heterocycles. The van der Waals surface area contributed by atoms with Crippen LogP contribution in [0.3, 0.4) is 0 Å². The maximum atomic E-state index is 14.0. The molecular formula is C15H12F3NO2. The molecule has 0 saturated heterocycles. The fraction of sp³-hybridized carbons (Fsp3) is 0.133. The first-order valence-corrected chi connectivity index (χ1v) is 6.03. The molecule has 2 aromatic rings. The Balaban J connectivity index is 2.38. The lowest BCUT2D eigenvalue weighted by Crippen LogP contribution is -2.15. The van der Waals surface area contributed by atoms with Crippen molar-refractivity contribution in [3.63, 3.8) is 0 Å². The predicted octanol–water partition coefficient (Wildman–Crippen LogP) is 3.67. The van der Waals surface area contributed by atoms with Crippen LogP contribution < -0.4 is 10.1 Å². The Morgan fingerprint density at radius 3 is 2.48 bits per heavy atom. The molecule has 21 heavy (non-hydrogen) atoms. The van der Waals surface area contributed by atoms with E-state index >= 15 is 0 Å². The molecule has 0 aromatic heterocycles. The number of methoxy groups -OCH3 is 1. The molecule has 110 valence electrons. The van der Waals surface area contributed by atoms with Crippen LogP contribution in [0.15, 0.2) is 30.3 Å². The molecule has 1 N–H and O–H groups in total. The molecule has 2 rings (SSSR count). The Morgan fingerprint density at radius 2 is 1.86 bits per heavy atom. The van der Waals surface area contributed by atoms with Crippen LogP contribution in [0.5, 0.6) is 5.75 Å². The number of halogens is 3. The second-order valence-electron chi connectivity index (χ2n) is 4.39. The summed E-state index contributed by atoms with van der Waals surface area (Å²) < 4.78 is 45.1. The number of hydrogen-bond donors (Lipinski definition) is 1. The minimum absolute atomic E-state index is 0.420. The van der Waals surface area contributed by atoms with Gasteiger partial charge in [-0.3, -0.25) is 4.79 Å². The summed E-state index contributed by atoms with van der Waals surface area (Å²) in [5.41, 5.74) is 0.673. The molecule has 0 saturated carbocycles. The highest BCUT2D eigenvalue weighted by molar-refractivity contribution is 6.04. The average molecular weight is 295 g/mol. The first kappa shape index (κ1) is 14.9. The van der Waals surface area contributed by atoms with E-state index in [1.165, 1.54) is 0 Å². The zero-order valence-corrected chi connectivity index (χ0v) is 11.3. The maximum absolute atomic E-state index is 14.0. The van der Waals surface area contributed by atoms with Crippen LogP contribution in [0.2, 0.25) is 0 Å². The van der Waals surface area contributed by atoms with Crippen LogP contribution in [0.25, 0.3) is 0 Å². The second kappa shape index (κ2) is 5.87. The predicted molar refractivity (Wildman–Crippen MR) is 72.0 cm³/mol. The lowest BCUT2D eigenvalue weighted by Gasteiger charge is -2.10. The summed E-state index contributed by atoms with van der Waals surface area (Å²) in [5, 5.41) is 2.41. The number of rotatable bonds is 3. The molecule has 0 atom stereocenters. The van der Waals surface area contributed by atoms with Crippen molar-refractivity contribution in [3.05, 3.63) is 58.9 Å². The Hall–Kier alpha value is -2.50. The fourth-order valence-corrected chi connectivity index (χ4v) is 1.85. The normalized spacial score (nSPS) is 10.3. The van der Waals surface area contributed by atoms with E-state index in [1.54, 1.807) is 18.2 Å². The first-order valence-electron chi connectivity index (χ1n) is 6.03. The van der Waals surface area contributed by atoms with Crippen LogP contribution in [-0.4, -0.2) is 13.0 Å². The minimum atomic E-state index is -1.47. The Morgan fingerprint density at radius 1 is 1.14 bits per heavy atom. The van der Waals surface area contributed by atoms with E-state index in [0.717, 1.165) is 12.7 Å². The fourth-order valence-electron chi connectivity index (χ4n) is 1.85. The van der Waals surface area contributed by atoms with Crippen LogP contribution in [0.4, 0.5) is 18.9 Å². The zero-order valence-electron chi connectivity index (χ0n) is 11.3. The number of anilines is 1. The Labute approximate surface area is 119 Å². The highest BCUT2D eigenvalue weighted by atomic mass is 19.2. The van der Waals surface area contributed by atoms with Gasteiger partial charge in [0.1, 0.15) is 0 Å². The number of ether oxygens (including phenoxy) is 1. The van der Waals surface area contributed by atoms with Gasteiger partial charge in [0.15, 0.2) is 17.4 Å². The standard InChI is InChI=1S/C15H12F3NO2/c1-8-4-3-5-9(6-8)19-15(20)10-7-11(16)13(18)14(21-2)12(10)17/h3-7H,1-2H3,(H,19,20). The van der Waals surface area contributed by atoms with E-state index in [1.807, 2.05) is 13.0 Å². The number of aryl methyl sites for hydroxylation is 1. The van der Waals surface area contributed by atoms with E-state index in [4.69, 9.17) is 0 Å².